The van der Waals surface area contributed by atoms with Gasteiger partial charge in [-0.25, -0.2) is 4.98 Å². The minimum absolute atomic E-state index is 0.00308. The van der Waals surface area contributed by atoms with E-state index in [1.54, 1.807) is 0 Å². The third-order valence-corrected chi connectivity index (χ3v) is 1.77. The van der Waals surface area contributed by atoms with Crippen molar-refractivity contribution >= 4 is 5.78 Å². The largest absolute Gasteiger partial charge is 0.481 e. The number of methoxy groups -OCH3 is 1. The molecule has 1 aromatic rings. The van der Waals surface area contributed by atoms with Crippen molar-refractivity contribution in [3.05, 3.63) is 23.4 Å². The average Bonchev–Trinajstić information content (AvgIpc) is 2.15. The molecule has 0 fully saturated rings. The Morgan fingerprint density at radius 3 is 2.40 bits per heavy atom. The van der Waals surface area contributed by atoms with Crippen LogP contribution in [0.3, 0.4) is 0 Å². The molecule has 0 atom stereocenters. The first-order valence-corrected chi connectivity index (χ1v) is 3.99. The van der Waals surface area contributed by atoms with Gasteiger partial charge in [0, 0.05) is 11.6 Å². The molecule has 0 aromatic carbocycles. The lowest BCUT2D eigenvalue weighted by atomic mass is 10.1. The second-order valence-electron chi connectivity index (χ2n) is 2.81. The van der Waals surface area contributed by atoms with E-state index in [1.807, 2.05) is 0 Å². The summed E-state index contributed by atoms with van der Waals surface area (Å²) in [5.74, 6) is -1.72. The van der Waals surface area contributed by atoms with Gasteiger partial charge in [-0.2, -0.15) is 13.2 Å². The van der Waals surface area contributed by atoms with Gasteiger partial charge in [0.05, 0.1) is 12.8 Å². The standard InChI is InChI=1S/C9H8F3NO2/c1-5-6(8(14)9(10,11)12)3-4-7(13-5)15-2/h3-4H,1-2H3. The first kappa shape index (κ1) is 11.5. The van der Waals surface area contributed by atoms with Crippen molar-refractivity contribution < 1.29 is 22.7 Å². The number of halogens is 3. The number of pyridine rings is 1. The van der Waals surface area contributed by atoms with Crippen molar-refractivity contribution in [1.29, 1.82) is 0 Å². The number of alkyl halides is 3. The van der Waals surface area contributed by atoms with Crippen LogP contribution in [0.1, 0.15) is 16.1 Å². The van der Waals surface area contributed by atoms with E-state index >= 15 is 0 Å². The van der Waals surface area contributed by atoms with Gasteiger partial charge in [0.1, 0.15) is 0 Å². The fourth-order valence-corrected chi connectivity index (χ4v) is 1.04. The van der Waals surface area contributed by atoms with Crippen LogP contribution in [-0.4, -0.2) is 24.1 Å². The van der Waals surface area contributed by atoms with Crippen LogP contribution >= 0.6 is 0 Å². The van der Waals surface area contributed by atoms with E-state index in [1.165, 1.54) is 20.1 Å². The average molecular weight is 219 g/mol. The summed E-state index contributed by atoms with van der Waals surface area (Å²) in [5.41, 5.74) is -0.458. The molecule has 1 aromatic heterocycles. The molecule has 0 unspecified atom stereocenters. The molecule has 1 heterocycles. The summed E-state index contributed by atoms with van der Waals surface area (Å²) >= 11 is 0. The Morgan fingerprint density at radius 1 is 1.40 bits per heavy atom. The van der Waals surface area contributed by atoms with E-state index in [9.17, 15) is 18.0 Å². The molecule has 6 heteroatoms. The summed E-state index contributed by atoms with van der Waals surface area (Å²) in [6, 6.07) is 2.27. The van der Waals surface area contributed by atoms with Gasteiger partial charge in [0.2, 0.25) is 5.88 Å². The molecule has 1 rings (SSSR count). The molecular formula is C9H8F3NO2. The summed E-state index contributed by atoms with van der Waals surface area (Å²) in [6.07, 6.45) is -4.87. The van der Waals surface area contributed by atoms with Crippen LogP contribution in [0.5, 0.6) is 5.88 Å². The number of hydrogen-bond donors (Lipinski definition) is 0. The molecule has 0 bridgehead atoms. The van der Waals surface area contributed by atoms with Crippen molar-refractivity contribution in [2.24, 2.45) is 0 Å². The summed E-state index contributed by atoms with van der Waals surface area (Å²) in [5, 5.41) is 0. The number of ketones is 1. The maximum Gasteiger partial charge on any atom is 0.454 e. The molecule has 0 saturated heterocycles. The van der Waals surface area contributed by atoms with E-state index < -0.39 is 17.5 Å². The van der Waals surface area contributed by atoms with Crippen molar-refractivity contribution in [3.63, 3.8) is 0 Å². The number of Topliss-reactive ketones (excluding diaryl/α,β-unsaturated/α-hetero) is 1. The molecule has 15 heavy (non-hydrogen) atoms. The fourth-order valence-electron chi connectivity index (χ4n) is 1.04. The molecule has 0 radical (unpaired) electrons. The number of rotatable bonds is 2. The number of hydrogen-bond acceptors (Lipinski definition) is 3. The Labute approximate surface area is 83.9 Å². The quantitative estimate of drug-likeness (QED) is 0.715. The molecule has 0 saturated carbocycles. The fraction of sp³-hybridized carbons (Fsp3) is 0.333. The van der Waals surface area contributed by atoms with Crippen LogP contribution in [0, 0.1) is 6.92 Å². The van der Waals surface area contributed by atoms with Gasteiger partial charge in [-0.05, 0) is 13.0 Å². The zero-order chi connectivity index (χ0) is 11.6. The SMILES string of the molecule is COc1ccc(C(=O)C(F)(F)F)c(C)n1. The highest BCUT2D eigenvalue weighted by atomic mass is 19.4. The monoisotopic (exact) mass is 219 g/mol. The van der Waals surface area contributed by atoms with E-state index in [-0.39, 0.29) is 11.6 Å². The van der Waals surface area contributed by atoms with E-state index in [2.05, 4.69) is 4.98 Å². The maximum absolute atomic E-state index is 12.1. The van der Waals surface area contributed by atoms with Gasteiger partial charge in [-0.1, -0.05) is 0 Å². The molecular weight excluding hydrogens is 211 g/mol. The molecule has 0 amide bonds. The van der Waals surface area contributed by atoms with Crippen LogP contribution in [0.4, 0.5) is 13.2 Å². The van der Waals surface area contributed by atoms with Crippen LogP contribution in [0.25, 0.3) is 0 Å². The zero-order valence-corrected chi connectivity index (χ0v) is 8.05. The first-order chi connectivity index (χ1) is 6.86. The molecule has 0 aliphatic heterocycles. The Hall–Kier alpha value is -1.59. The topological polar surface area (TPSA) is 39.2 Å². The highest BCUT2D eigenvalue weighted by molar-refractivity contribution is 6.01. The van der Waals surface area contributed by atoms with E-state index in [4.69, 9.17) is 4.74 Å². The van der Waals surface area contributed by atoms with Crippen molar-refractivity contribution in [2.75, 3.05) is 7.11 Å². The van der Waals surface area contributed by atoms with Gasteiger partial charge in [-0.15, -0.1) is 0 Å². The molecule has 0 N–H and O–H groups in total. The van der Waals surface area contributed by atoms with Crippen LogP contribution < -0.4 is 4.74 Å². The summed E-state index contributed by atoms with van der Waals surface area (Å²) in [6.45, 7) is 1.32. The number of nitrogens with zero attached hydrogens (tertiary/aromatic N) is 1. The van der Waals surface area contributed by atoms with Crippen LogP contribution in [-0.2, 0) is 0 Å². The normalized spacial score (nSPS) is 11.3. The van der Waals surface area contributed by atoms with Gasteiger partial charge in [0.15, 0.2) is 0 Å². The van der Waals surface area contributed by atoms with Gasteiger partial charge in [0.25, 0.3) is 5.78 Å². The van der Waals surface area contributed by atoms with Crippen molar-refractivity contribution in [1.82, 2.24) is 4.98 Å². The van der Waals surface area contributed by atoms with E-state index in [0.29, 0.717) is 0 Å². The molecule has 3 nitrogen and oxygen atoms in total. The Kier molecular flexibility index (Phi) is 2.97. The van der Waals surface area contributed by atoms with Crippen LogP contribution in [0.2, 0.25) is 0 Å². The number of aromatic nitrogens is 1. The minimum Gasteiger partial charge on any atom is -0.481 e. The highest BCUT2D eigenvalue weighted by Gasteiger charge is 2.40. The molecule has 0 aliphatic carbocycles. The van der Waals surface area contributed by atoms with Gasteiger partial charge >= 0.3 is 6.18 Å². The maximum atomic E-state index is 12.1. The lowest BCUT2D eigenvalue weighted by Gasteiger charge is -2.08. The van der Waals surface area contributed by atoms with Crippen molar-refractivity contribution in [3.8, 4) is 5.88 Å². The molecule has 0 aliphatic rings. The molecule has 82 valence electrons. The highest BCUT2D eigenvalue weighted by Crippen LogP contribution is 2.23. The van der Waals surface area contributed by atoms with E-state index in [0.717, 1.165) is 6.07 Å². The van der Waals surface area contributed by atoms with Crippen molar-refractivity contribution in [2.45, 2.75) is 13.1 Å². The predicted molar refractivity (Wildman–Crippen MR) is 45.9 cm³/mol. The number of aryl methyl sites for hydroxylation is 1. The second kappa shape index (κ2) is 3.88. The first-order valence-electron chi connectivity index (χ1n) is 3.99. The van der Waals surface area contributed by atoms with Crippen LogP contribution in [0.15, 0.2) is 12.1 Å². The van der Waals surface area contributed by atoms with Gasteiger partial charge < -0.3 is 4.74 Å². The van der Waals surface area contributed by atoms with Gasteiger partial charge in [-0.3, -0.25) is 4.79 Å². The minimum atomic E-state index is -4.87. The third-order valence-electron chi connectivity index (χ3n) is 1.77. The number of carbonyl (C=O) groups excluding carboxylic acids is 1. The number of ether oxygens (including phenoxy) is 1. The zero-order valence-electron chi connectivity index (χ0n) is 8.05. The Morgan fingerprint density at radius 2 is 2.00 bits per heavy atom. The third kappa shape index (κ3) is 2.45. The predicted octanol–water partition coefficient (Wildman–Crippen LogP) is 2.14. The summed E-state index contributed by atoms with van der Waals surface area (Å²) < 4.78 is 41.0. The summed E-state index contributed by atoms with van der Waals surface area (Å²) in [7, 11) is 1.34. The smallest absolute Gasteiger partial charge is 0.454 e. The Bertz CT molecular complexity index is 387. The lowest BCUT2D eigenvalue weighted by Crippen LogP contribution is -2.23. The molecule has 0 spiro atoms. The second-order valence-corrected chi connectivity index (χ2v) is 2.81. The number of carbonyl (C=O) groups is 1. The lowest BCUT2D eigenvalue weighted by molar-refractivity contribution is -0.0886. The summed E-state index contributed by atoms with van der Waals surface area (Å²) in [4.78, 5) is 14.6. The Balaban J connectivity index is 3.12.